The molecular formula is C11H8BrN5O. The topological polar surface area (TPSA) is 122 Å². The molecule has 0 spiro atoms. The molecule has 1 aromatic carbocycles. The van der Waals surface area contributed by atoms with Crippen molar-refractivity contribution in [1.29, 1.82) is 5.26 Å². The zero-order chi connectivity index (χ0) is 13.3. The van der Waals surface area contributed by atoms with Gasteiger partial charge in [-0.25, -0.2) is 4.98 Å². The maximum absolute atomic E-state index is 9.49. The Hall–Kier alpha value is -2.33. The average Bonchev–Trinajstić information content (AvgIpc) is 2.31. The number of phenols is 1. The molecule has 1 aromatic heterocycles. The summed E-state index contributed by atoms with van der Waals surface area (Å²) < 4.78 is 0.661. The van der Waals surface area contributed by atoms with Gasteiger partial charge in [0, 0.05) is 10.0 Å². The molecule has 0 bridgehead atoms. The van der Waals surface area contributed by atoms with E-state index in [4.69, 9.17) is 16.7 Å². The van der Waals surface area contributed by atoms with E-state index in [9.17, 15) is 5.11 Å². The summed E-state index contributed by atoms with van der Waals surface area (Å²) >= 11 is 3.32. The predicted octanol–water partition coefficient (Wildman–Crippen LogP) is 1.65. The number of nitriles is 1. The van der Waals surface area contributed by atoms with Crippen molar-refractivity contribution in [3.05, 3.63) is 28.2 Å². The molecule has 5 N–H and O–H groups in total. The molecule has 0 aliphatic heterocycles. The van der Waals surface area contributed by atoms with E-state index in [1.165, 1.54) is 12.1 Å². The van der Waals surface area contributed by atoms with Gasteiger partial charge in [-0.15, -0.1) is 0 Å². The summed E-state index contributed by atoms with van der Waals surface area (Å²) in [5, 5.41) is 18.6. The fourth-order valence-electron chi connectivity index (χ4n) is 1.50. The van der Waals surface area contributed by atoms with Gasteiger partial charge in [0.2, 0.25) is 5.95 Å². The maximum atomic E-state index is 9.49. The zero-order valence-electron chi connectivity index (χ0n) is 9.05. The molecule has 90 valence electrons. The molecule has 18 heavy (non-hydrogen) atoms. The van der Waals surface area contributed by atoms with Crippen LogP contribution in [-0.4, -0.2) is 15.1 Å². The molecule has 0 saturated heterocycles. The monoisotopic (exact) mass is 305 g/mol. The predicted molar refractivity (Wildman–Crippen MR) is 70.4 cm³/mol. The number of hydrogen-bond acceptors (Lipinski definition) is 6. The summed E-state index contributed by atoms with van der Waals surface area (Å²) in [6, 6.07) is 6.54. The Morgan fingerprint density at radius 1 is 1.28 bits per heavy atom. The van der Waals surface area contributed by atoms with Crippen molar-refractivity contribution >= 4 is 27.7 Å². The van der Waals surface area contributed by atoms with Crippen molar-refractivity contribution in [2.24, 2.45) is 0 Å². The summed E-state index contributed by atoms with van der Waals surface area (Å²) in [6.07, 6.45) is 0. The SMILES string of the molecule is N#Cc1c(N)nc(N)nc1-c1cc(O)ccc1Br. The summed E-state index contributed by atoms with van der Waals surface area (Å²) in [4.78, 5) is 7.73. The maximum Gasteiger partial charge on any atom is 0.222 e. The van der Waals surface area contributed by atoms with Crippen molar-refractivity contribution < 1.29 is 5.11 Å². The summed E-state index contributed by atoms with van der Waals surface area (Å²) in [7, 11) is 0. The van der Waals surface area contributed by atoms with E-state index in [0.717, 1.165) is 0 Å². The minimum atomic E-state index is -0.0308. The number of phenolic OH excluding ortho intramolecular Hbond substituents is 1. The Kier molecular flexibility index (Phi) is 3.04. The highest BCUT2D eigenvalue weighted by Gasteiger charge is 2.15. The highest BCUT2D eigenvalue weighted by Crippen LogP contribution is 2.33. The third-order valence-electron chi connectivity index (χ3n) is 2.27. The Labute approximate surface area is 111 Å². The van der Waals surface area contributed by atoms with Crippen LogP contribution in [0.25, 0.3) is 11.3 Å². The van der Waals surface area contributed by atoms with Crippen LogP contribution in [0, 0.1) is 11.3 Å². The first kappa shape index (κ1) is 12.1. The van der Waals surface area contributed by atoms with Crippen molar-refractivity contribution in [2.75, 3.05) is 11.5 Å². The highest BCUT2D eigenvalue weighted by molar-refractivity contribution is 9.10. The van der Waals surface area contributed by atoms with Crippen LogP contribution < -0.4 is 11.5 Å². The molecule has 0 aliphatic rings. The fraction of sp³-hybridized carbons (Fsp3) is 0. The number of nitrogens with two attached hydrogens (primary N) is 2. The molecule has 0 fully saturated rings. The second-order valence-electron chi connectivity index (χ2n) is 3.47. The van der Waals surface area contributed by atoms with Crippen LogP contribution in [0.1, 0.15) is 5.56 Å². The van der Waals surface area contributed by atoms with Gasteiger partial charge in [0.1, 0.15) is 23.2 Å². The molecule has 0 atom stereocenters. The van der Waals surface area contributed by atoms with Crippen molar-refractivity contribution in [2.45, 2.75) is 0 Å². The smallest absolute Gasteiger partial charge is 0.222 e. The zero-order valence-corrected chi connectivity index (χ0v) is 10.6. The number of anilines is 2. The van der Waals surface area contributed by atoms with E-state index in [-0.39, 0.29) is 28.8 Å². The number of halogens is 1. The van der Waals surface area contributed by atoms with Gasteiger partial charge in [-0.1, -0.05) is 15.9 Å². The largest absolute Gasteiger partial charge is 0.508 e. The second kappa shape index (κ2) is 4.50. The number of nitrogens with zero attached hydrogens (tertiary/aromatic N) is 3. The van der Waals surface area contributed by atoms with Gasteiger partial charge in [-0.3, -0.25) is 0 Å². The Bertz CT molecular complexity index is 665. The van der Waals surface area contributed by atoms with E-state index in [1.54, 1.807) is 6.07 Å². The summed E-state index contributed by atoms with van der Waals surface area (Å²) in [6.45, 7) is 0. The third kappa shape index (κ3) is 2.06. The summed E-state index contributed by atoms with van der Waals surface area (Å²) in [5.41, 5.74) is 12.1. The van der Waals surface area contributed by atoms with Gasteiger partial charge in [-0.2, -0.15) is 10.2 Å². The summed E-state index contributed by atoms with van der Waals surface area (Å²) in [5.74, 6) is 0.0276. The number of rotatable bonds is 1. The minimum Gasteiger partial charge on any atom is -0.508 e. The fourth-order valence-corrected chi connectivity index (χ4v) is 1.93. The van der Waals surface area contributed by atoms with Crippen LogP contribution in [0.2, 0.25) is 0 Å². The lowest BCUT2D eigenvalue weighted by Crippen LogP contribution is -2.05. The average molecular weight is 306 g/mol. The quantitative estimate of drug-likeness (QED) is 0.736. The normalized spacial score (nSPS) is 10.0. The van der Waals surface area contributed by atoms with Gasteiger partial charge in [0.25, 0.3) is 0 Å². The van der Waals surface area contributed by atoms with Crippen LogP contribution >= 0.6 is 15.9 Å². The first-order valence-electron chi connectivity index (χ1n) is 4.85. The number of nitrogen functional groups attached to an aromatic ring is 2. The first-order valence-corrected chi connectivity index (χ1v) is 5.64. The Balaban J connectivity index is 2.78. The Morgan fingerprint density at radius 2 is 2.00 bits per heavy atom. The van der Waals surface area contributed by atoms with Crippen LogP contribution in [-0.2, 0) is 0 Å². The number of benzene rings is 1. The molecule has 6 nitrogen and oxygen atoms in total. The number of aromatic nitrogens is 2. The molecule has 0 aliphatic carbocycles. The van der Waals surface area contributed by atoms with Gasteiger partial charge < -0.3 is 16.6 Å². The highest BCUT2D eigenvalue weighted by atomic mass is 79.9. The lowest BCUT2D eigenvalue weighted by atomic mass is 10.1. The van der Waals surface area contributed by atoms with Crippen molar-refractivity contribution in [3.8, 4) is 23.1 Å². The van der Waals surface area contributed by atoms with E-state index in [2.05, 4.69) is 25.9 Å². The number of aromatic hydroxyl groups is 1. The van der Waals surface area contributed by atoms with Crippen molar-refractivity contribution in [3.63, 3.8) is 0 Å². The molecule has 0 saturated carbocycles. The van der Waals surface area contributed by atoms with E-state index in [0.29, 0.717) is 10.0 Å². The molecule has 7 heteroatoms. The van der Waals surface area contributed by atoms with Gasteiger partial charge in [0.15, 0.2) is 0 Å². The van der Waals surface area contributed by atoms with Gasteiger partial charge in [-0.05, 0) is 18.2 Å². The van der Waals surface area contributed by atoms with E-state index < -0.39 is 0 Å². The van der Waals surface area contributed by atoms with Crippen LogP contribution in [0.15, 0.2) is 22.7 Å². The molecule has 1 heterocycles. The van der Waals surface area contributed by atoms with Crippen molar-refractivity contribution in [1.82, 2.24) is 9.97 Å². The molecule has 2 aromatic rings. The molecule has 0 radical (unpaired) electrons. The van der Waals surface area contributed by atoms with E-state index >= 15 is 0 Å². The molecule has 0 unspecified atom stereocenters. The van der Waals surface area contributed by atoms with E-state index in [1.807, 2.05) is 6.07 Å². The Morgan fingerprint density at radius 3 is 2.67 bits per heavy atom. The standard InChI is InChI=1S/C11H8BrN5O/c12-8-2-1-5(18)3-6(8)9-7(4-13)10(14)17-11(15)16-9/h1-3,18H,(H4,14,15,16,17). The van der Waals surface area contributed by atoms with Crippen LogP contribution in [0.4, 0.5) is 11.8 Å². The first-order chi connectivity index (χ1) is 8.52. The lowest BCUT2D eigenvalue weighted by molar-refractivity contribution is 0.475. The third-order valence-corrected chi connectivity index (χ3v) is 2.96. The van der Waals surface area contributed by atoms with Gasteiger partial charge in [0.05, 0.1) is 5.69 Å². The number of hydrogen-bond donors (Lipinski definition) is 3. The molecule has 0 amide bonds. The minimum absolute atomic E-state index is 0.00948. The molecule has 2 rings (SSSR count). The van der Waals surface area contributed by atoms with Crippen LogP contribution in [0.5, 0.6) is 5.75 Å². The second-order valence-corrected chi connectivity index (χ2v) is 4.32. The lowest BCUT2D eigenvalue weighted by Gasteiger charge is -2.08. The van der Waals surface area contributed by atoms with Gasteiger partial charge >= 0.3 is 0 Å². The molecular weight excluding hydrogens is 298 g/mol. The van der Waals surface area contributed by atoms with Crippen LogP contribution in [0.3, 0.4) is 0 Å².